The van der Waals surface area contributed by atoms with Crippen LogP contribution in [0.5, 0.6) is 11.5 Å². The normalized spacial score (nSPS) is 10.5. The average Bonchev–Trinajstić information content (AvgIpc) is 2.59. The van der Waals surface area contributed by atoms with Gasteiger partial charge in [-0.3, -0.25) is 4.79 Å². The topological polar surface area (TPSA) is 38.8 Å². The van der Waals surface area contributed by atoms with Crippen LogP contribution in [0.4, 0.5) is 0 Å². The molecule has 1 amide bonds. The summed E-state index contributed by atoms with van der Waals surface area (Å²) in [6.07, 6.45) is 0. The molecule has 122 valence electrons. The summed E-state index contributed by atoms with van der Waals surface area (Å²) in [7, 11) is 3.15. The molecular weight excluding hydrogens is 290 g/mol. The fraction of sp³-hybridized carbons (Fsp3) is 0.316. The summed E-state index contributed by atoms with van der Waals surface area (Å²) in [5.74, 6) is 1.13. The van der Waals surface area contributed by atoms with Crippen molar-refractivity contribution >= 4 is 5.91 Å². The molecule has 0 unspecified atom stereocenters. The highest BCUT2D eigenvalue weighted by Gasteiger charge is 2.22. The van der Waals surface area contributed by atoms with E-state index in [2.05, 4.69) is 0 Å². The molecule has 2 aromatic carbocycles. The Labute approximate surface area is 137 Å². The molecule has 0 heterocycles. The van der Waals surface area contributed by atoms with E-state index < -0.39 is 0 Å². The van der Waals surface area contributed by atoms with Gasteiger partial charge < -0.3 is 14.4 Å². The van der Waals surface area contributed by atoms with Crippen LogP contribution in [0.3, 0.4) is 0 Å². The van der Waals surface area contributed by atoms with Crippen LogP contribution in [0, 0.1) is 0 Å². The van der Waals surface area contributed by atoms with Gasteiger partial charge in [-0.25, -0.2) is 0 Å². The van der Waals surface area contributed by atoms with E-state index in [1.165, 1.54) is 0 Å². The number of carbonyl (C=O) groups excluding carboxylic acids is 1. The van der Waals surface area contributed by atoms with E-state index in [-0.39, 0.29) is 11.9 Å². The molecule has 0 aromatic heterocycles. The van der Waals surface area contributed by atoms with Gasteiger partial charge in [0.25, 0.3) is 5.91 Å². The smallest absolute Gasteiger partial charge is 0.258 e. The van der Waals surface area contributed by atoms with Crippen molar-refractivity contribution in [3.05, 3.63) is 59.7 Å². The number of nitrogens with zero attached hydrogens (tertiary/aromatic N) is 1. The summed E-state index contributed by atoms with van der Waals surface area (Å²) in [4.78, 5) is 14.8. The maximum atomic E-state index is 13.0. The molecule has 23 heavy (non-hydrogen) atoms. The van der Waals surface area contributed by atoms with Gasteiger partial charge in [0.2, 0.25) is 0 Å². The first-order valence-electron chi connectivity index (χ1n) is 7.63. The molecule has 0 aliphatic rings. The summed E-state index contributed by atoms with van der Waals surface area (Å²) >= 11 is 0. The third kappa shape index (κ3) is 4.03. The maximum absolute atomic E-state index is 13.0. The minimum absolute atomic E-state index is 0.0524. The maximum Gasteiger partial charge on any atom is 0.258 e. The van der Waals surface area contributed by atoms with Crippen molar-refractivity contribution in [3.63, 3.8) is 0 Å². The molecule has 2 rings (SSSR count). The molecule has 0 fully saturated rings. The van der Waals surface area contributed by atoms with Crippen molar-refractivity contribution in [2.45, 2.75) is 26.4 Å². The fourth-order valence-electron chi connectivity index (χ4n) is 2.40. The molecule has 0 bridgehead atoms. The van der Waals surface area contributed by atoms with Crippen LogP contribution < -0.4 is 9.47 Å². The van der Waals surface area contributed by atoms with Crippen molar-refractivity contribution in [3.8, 4) is 11.5 Å². The van der Waals surface area contributed by atoms with Gasteiger partial charge in [-0.1, -0.05) is 30.3 Å². The number of rotatable bonds is 6. The molecule has 0 atom stereocenters. The SMILES string of the molecule is COc1ccc(C(=O)N(Cc2ccccc2)C(C)C)c(OC)c1. The van der Waals surface area contributed by atoms with Crippen LogP contribution in [0.15, 0.2) is 48.5 Å². The standard InChI is InChI=1S/C19H23NO3/c1-14(2)20(13-15-8-6-5-7-9-15)19(21)17-11-10-16(22-3)12-18(17)23-4/h5-12,14H,13H2,1-4H3. The average molecular weight is 313 g/mol. The number of hydrogen-bond acceptors (Lipinski definition) is 3. The minimum Gasteiger partial charge on any atom is -0.497 e. The highest BCUT2D eigenvalue weighted by Crippen LogP contribution is 2.26. The van der Waals surface area contributed by atoms with Crippen LogP contribution in [-0.4, -0.2) is 31.1 Å². The van der Waals surface area contributed by atoms with E-state index in [0.29, 0.717) is 23.6 Å². The predicted octanol–water partition coefficient (Wildman–Crippen LogP) is 3.75. The van der Waals surface area contributed by atoms with Crippen molar-refractivity contribution in [1.82, 2.24) is 4.90 Å². The number of methoxy groups -OCH3 is 2. The van der Waals surface area contributed by atoms with Gasteiger partial charge in [0.05, 0.1) is 19.8 Å². The van der Waals surface area contributed by atoms with E-state index in [1.54, 1.807) is 32.4 Å². The van der Waals surface area contributed by atoms with Crippen molar-refractivity contribution in [2.24, 2.45) is 0 Å². The van der Waals surface area contributed by atoms with Crippen LogP contribution in [-0.2, 0) is 6.54 Å². The quantitative estimate of drug-likeness (QED) is 0.815. The third-order valence-corrected chi connectivity index (χ3v) is 3.72. The first kappa shape index (κ1) is 16.9. The Balaban J connectivity index is 2.31. The Morgan fingerprint density at radius 2 is 1.74 bits per heavy atom. The Morgan fingerprint density at radius 1 is 1.04 bits per heavy atom. The third-order valence-electron chi connectivity index (χ3n) is 3.72. The van der Waals surface area contributed by atoms with E-state index >= 15 is 0 Å². The van der Waals surface area contributed by atoms with Crippen LogP contribution in [0.25, 0.3) is 0 Å². The zero-order valence-electron chi connectivity index (χ0n) is 14.1. The molecule has 0 saturated heterocycles. The second-order valence-corrected chi connectivity index (χ2v) is 5.58. The summed E-state index contributed by atoms with van der Waals surface area (Å²) in [6, 6.07) is 15.3. The molecule has 4 nitrogen and oxygen atoms in total. The largest absolute Gasteiger partial charge is 0.497 e. The summed E-state index contributed by atoms with van der Waals surface area (Å²) in [6.45, 7) is 4.58. The molecule has 0 saturated carbocycles. The lowest BCUT2D eigenvalue weighted by molar-refractivity contribution is 0.0687. The van der Waals surface area contributed by atoms with Crippen molar-refractivity contribution in [1.29, 1.82) is 0 Å². The fourth-order valence-corrected chi connectivity index (χ4v) is 2.40. The van der Waals surface area contributed by atoms with Crippen molar-refractivity contribution < 1.29 is 14.3 Å². The first-order chi connectivity index (χ1) is 11.1. The van der Waals surface area contributed by atoms with Gasteiger partial charge in [0.15, 0.2) is 0 Å². The van der Waals surface area contributed by atoms with Crippen molar-refractivity contribution in [2.75, 3.05) is 14.2 Å². The molecule has 0 aliphatic heterocycles. The lowest BCUT2D eigenvalue weighted by Gasteiger charge is -2.27. The highest BCUT2D eigenvalue weighted by atomic mass is 16.5. The molecule has 0 spiro atoms. The van der Waals surface area contributed by atoms with Gasteiger partial charge >= 0.3 is 0 Å². The van der Waals surface area contributed by atoms with E-state index in [9.17, 15) is 4.79 Å². The van der Waals surface area contributed by atoms with Crippen LogP contribution >= 0.6 is 0 Å². The summed E-state index contributed by atoms with van der Waals surface area (Å²) < 4.78 is 10.6. The van der Waals surface area contributed by atoms with Crippen LogP contribution in [0.1, 0.15) is 29.8 Å². The lowest BCUT2D eigenvalue weighted by Crippen LogP contribution is -2.36. The highest BCUT2D eigenvalue weighted by molar-refractivity contribution is 5.97. The first-order valence-corrected chi connectivity index (χ1v) is 7.63. The number of amides is 1. The summed E-state index contributed by atoms with van der Waals surface area (Å²) in [5, 5.41) is 0. The predicted molar refractivity (Wildman–Crippen MR) is 91.0 cm³/mol. The zero-order valence-corrected chi connectivity index (χ0v) is 14.1. The number of carbonyl (C=O) groups is 1. The summed E-state index contributed by atoms with van der Waals surface area (Å²) in [5.41, 5.74) is 1.64. The number of ether oxygens (including phenoxy) is 2. The second kappa shape index (κ2) is 7.68. The zero-order chi connectivity index (χ0) is 16.8. The molecule has 4 heteroatoms. The lowest BCUT2D eigenvalue weighted by atomic mass is 10.1. The van der Waals surface area contributed by atoms with E-state index in [4.69, 9.17) is 9.47 Å². The van der Waals surface area contributed by atoms with Gasteiger partial charge in [-0.05, 0) is 31.5 Å². The Hall–Kier alpha value is -2.49. The van der Waals surface area contributed by atoms with Crippen LogP contribution in [0.2, 0.25) is 0 Å². The van der Waals surface area contributed by atoms with Gasteiger partial charge in [0.1, 0.15) is 11.5 Å². The minimum atomic E-state index is -0.0524. The Morgan fingerprint density at radius 3 is 2.30 bits per heavy atom. The molecule has 0 N–H and O–H groups in total. The molecule has 0 aliphatic carbocycles. The monoisotopic (exact) mass is 313 g/mol. The van der Waals surface area contributed by atoms with E-state index in [0.717, 1.165) is 5.56 Å². The molecule has 0 radical (unpaired) electrons. The number of hydrogen-bond donors (Lipinski definition) is 0. The van der Waals surface area contributed by atoms with Gasteiger partial charge in [0, 0.05) is 18.7 Å². The Kier molecular flexibility index (Phi) is 5.63. The van der Waals surface area contributed by atoms with Gasteiger partial charge in [-0.2, -0.15) is 0 Å². The number of benzene rings is 2. The second-order valence-electron chi connectivity index (χ2n) is 5.58. The molecular formula is C19H23NO3. The van der Waals surface area contributed by atoms with Gasteiger partial charge in [-0.15, -0.1) is 0 Å². The molecule has 2 aromatic rings. The van der Waals surface area contributed by atoms with E-state index in [1.807, 2.05) is 49.1 Å². The Bertz CT molecular complexity index is 653.